The van der Waals surface area contributed by atoms with Crippen LogP contribution in [0.2, 0.25) is 0 Å². The molecular weight excluding hydrogens is 627 g/mol. The smallest absolute Gasteiger partial charge is 0.225 e. The summed E-state index contributed by atoms with van der Waals surface area (Å²) in [6.07, 6.45) is -0.599. The second-order valence-corrected chi connectivity index (χ2v) is 13.0. The van der Waals surface area contributed by atoms with Crippen LogP contribution in [0.25, 0.3) is 71.2 Å². The number of hydrogen-bond acceptors (Lipinski definition) is 4. The normalized spacial score (nSPS) is 14.9. The van der Waals surface area contributed by atoms with E-state index in [1.807, 2.05) is 36.4 Å². The molecule has 1 atom stereocenters. The van der Waals surface area contributed by atoms with Crippen LogP contribution in [0.15, 0.2) is 178 Å². The SMILES string of the molecule is c1ccc(C2=NC(n3c4ccccc4c4ccc5c6ccccc6n(-c6ccccc6)c5c43)N=C(c3ccc4c(c3)oc3ccccc34)N2)cc1. The molecule has 11 rings (SSSR count). The molecule has 51 heavy (non-hydrogen) atoms. The Hall–Kier alpha value is -6.92. The molecule has 0 aliphatic carbocycles. The zero-order valence-corrected chi connectivity index (χ0v) is 27.4. The summed E-state index contributed by atoms with van der Waals surface area (Å²) in [4.78, 5) is 10.8. The van der Waals surface area contributed by atoms with E-state index >= 15 is 0 Å². The Bertz CT molecular complexity index is 3060. The first-order chi connectivity index (χ1) is 25.3. The topological polar surface area (TPSA) is 59.8 Å². The van der Waals surface area contributed by atoms with Crippen molar-refractivity contribution in [3.8, 4) is 5.69 Å². The first-order valence-electron chi connectivity index (χ1n) is 17.2. The van der Waals surface area contributed by atoms with Gasteiger partial charge >= 0.3 is 0 Å². The lowest BCUT2D eigenvalue weighted by molar-refractivity contribution is 0.576. The number of benzene rings is 7. The van der Waals surface area contributed by atoms with Gasteiger partial charge < -0.3 is 14.3 Å². The molecule has 1 aliphatic rings. The average Bonchev–Trinajstić information content (AvgIpc) is 3.86. The fraction of sp³-hybridized carbons (Fsp3) is 0.0222. The number of hydrogen-bond donors (Lipinski definition) is 1. The molecule has 0 saturated heterocycles. The average molecular weight is 656 g/mol. The minimum absolute atomic E-state index is 0.599. The summed E-state index contributed by atoms with van der Waals surface area (Å²) in [6.45, 7) is 0. The van der Waals surface area contributed by atoms with Gasteiger partial charge in [-0.3, -0.25) is 4.57 Å². The lowest BCUT2D eigenvalue weighted by Crippen LogP contribution is -2.36. The molecule has 240 valence electrons. The van der Waals surface area contributed by atoms with Gasteiger partial charge in [-0.15, -0.1) is 0 Å². The van der Waals surface area contributed by atoms with Gasteiger partial charge in [0.15, 0.2) is 0 Å². The maximum absolute atomic E-state index is 6.32. The highest BCUT2D eigenvalue weighted by atomic mass is 16.3. The van der Waals surface area contributed by atoms with Gasteiger partial charge in [0.1, 0.15) is 22.8 Å². The number of fused-ring (bicyclic) bond motifs is 10. The van der Waals surface area contributed by atoms with Crippen LogP contribution < -0.4 is 5.32 Å². The van der Waals surface area contributed by atoms with Gasteiger partial charge in [-0.05, 0) is 42.5 Å². The Balaban J connectivity index is 1.23. The molecule has 6 heteroatoms. The molecule has 0 fully saturated rings. The predicted octanol–water partition coefficient (Wildman–Crippen LogP) is 10.7. The van der Waals surface area contributed by atoms with Crippen LogP contribution in [0.5, 0.6) is 0 Å². The van der Waals surface area contributed by atoms with Crippen LogP contribution in [0.1, 0.15) is 17.4 Å². The molecule has 1 N–H and O–H groups in total. The van der Waals surface area contributed by atoms with Crippen molar-refractivity contribution in [2.45, 2.75) is 6.29 Å². The summed E-state index contributed by atoms with van der Waals surface area (Å²) in [7, 11) is 0. The quantitative estimate of drug-likeness (QED) is 0.205. The Morgan fingerprint density at radius 1 is 0.451 bits per heavy atom. The first kappa shape index (κ1) is 28.0. The molecule has 0 bridgehead atoms. The number of aromatic nitrogens is 2. The molecular formula is C45H29N5O. The third kappa shape index (κ3) is 4.17. The summed E-state index contributed by atoms with van der Waals surface area (Å²) < 4.78 is 11.0. The summed E-state index contributed by atoms with van der Waals surface area (Å²) in [5, 5.41) is 10.5. The van der Waals surface area contributed by atoms with E-state index < -0.39 is 6.29 Å². The van der Waals surface area contributed by atoms with Gasteiger partial charge in [-0.2, -0.15) is 0 Å². The third-order valence-electron chi connectivity index (χ3n) is 10.2. The Kier molecular flexibility index (Phi) is 5.92. The van der Waals surface area contributed by atoms with Gasteiger partial charge in [-0.25, -0.2) is 9.98 Å². The fourth-order valence-corrected chi connectivity index (χ4v) is 7.93. The highest BCUT2D eigenvalue weighted by Gasteiger charge is 2.27. The van der Waals surface area contributed by atoms with Crippen molar-refractivity contribution in [1.29, 1.82) is 0 Å². The number of nitrogens with one attached hydrogen (secondary N) is 1. The number of furan rings is 1. The van der Waals surface area contributed by atoms with Crippen molar-refractivity contribution in [2.75, 3.05) is 0 Å². The number of para-hydroxylation sites is 4. The molecule has 0 saturated carbocycles. The van der Waals surface area contributed by atoms with E-state index in [9.17, 15) is 0 Å². The zero-order chi connectivity index (χ0) is 33.5. The van der Waals surface area contributed by atoms with Crippen molar-refractivity contribution >= 4 is 77.2 Å². The number of nitrogens with zero attached hydrogens (tertiary/aromatic N) is 4. The number of rotatable bonds is 4. The predicted molar refractivity (Wildman–Crippen MR) is 209 cm³/mol. The first-order valence-corrected chi connectivity index (χ1v) is 17.2. The molecule has 0 radical (unpaired) electrons. The van der Waals surface area contributed by atoms with Crippen molar-refractivity contribution in [2.24, 2.45) is 9.98 Å². The van der Waals surface area contributed by atoms with Gasteiger partial charge in [0.05, 0.1) is 22.1 Å². The molecule has 10 aromatic rings. The van der Waals surface area contributed by atoms with Crippen molar-refractivity contribution in [1.82, 2.24) is 14.5 Å². The Morgan fingerprint density at radius 2 is 1.02 bits per heavy atom. The maximum atomic E-state index is 6.32. The van der Waals surface area contributed by atoms with E-state index in [-0.39, 0.29) is 0 Å². The minimum Gasteiger partial charge on any atom is -0.456 e. The largest absolute Gasteiger partial charge is 0.456 e. The lowest BCUT2D eigenvalue weighted by atomic mass is 10.1. The Morgan fingerprint density at radius 3 is 1.80 bits per heavy atom. The van der Waals surface area contributed by atoms with E-state index in [0.29, 0.717) is 0 Å². The molecule has 0 spiro atoms. The second kappa shape index (κ2) is 10.8. The van der Waals surface area contributed by atoms with Crippen LogP contribution in [-0.2, 0) is 0 Å². The molecule has 7 aromatic carbocycles. The van der Waals surface area contributed by atoms with Gasteiger partial charge in [0, 0.05) is 49.1 Å². The summed E-state index contributed by atoms with van der Waals surface area (Å²) in [5.41, 5.74) is 9.17. The standard InChI is InChI=1S/C45H29N5O/c1-3-13-28(14-4-1)43-46-44(29-23-24-34-33-19-9-12-22-39(33)51-40(34)27-29)48-45(47-43)50-38-21-11-8-18-32(38)36-26-25-35-31-17-7-10-20-37(31)49(41(35)42(36)50)30-15-5-2-6-16-30/h1-27,45H,(H,46,47,48). The van der Waals surface area contributed by atoms with E-state index in [4.69, 9.17) is 14.4 Å². The highest BCUT2D eigenvalue weighted by Crippen LogP contribution is 2.42. The van der Waals surface area contributed by atoms with Gasteiger partial charge in [-0.1, -0.05) is 121 Å². The van der Waals surface area contributed by atoms with E-state index in [0.717, 1.165) is 83.3 Å². The van der Waals surface area contributed by atoms with Crippen molar-refractivity contribution < 1.29 is 4.42 Å². The lowest BCUT2D eigenvalue weighted by Gasteiger charge is -2.24. The highest BCUT2D eigenvalue weighted by molar-refractivity contribution is 6.24. The maximum Gasteiger partial charge on any atom is 0.225 e. The zero-order valence-electron chi connectivity index (χ0n) is 27.4. The number of aliphatic imine (C=N–C) groups is 2. The van der Waals surface area contributed by atoms with Crippen LogP contribution in [0.3, 0.4) is 0 Å². The monoisotopic (exact) mass is 655 g/mol. The van der Waals surface area contributed by atoms with Crippen LogP contribution in [0.4, 0.5) is 0 Å². The molecule has 3 aromatic heterocycles. The van der Waals surface area contributed by atoms with E-state index in [1.165, 1.54) is 10.8 Å². The summed E-state index contributed by atoms with van der Waals surface area (Å²) in [6, 6.07) is 57.2. The van der Waals surface area contributed by atoms with Crippen molar-refractivity contribution in [3.05, 3.63) is 175 Å². The van der Waals surface area contributed by atoms with Crippen LogP contribution in [-0.4, -0.2) is 20.8 Å². The third-order valence-corrected chi connectivity index (χ3v) is 10.2. The second-order valence-electron chi connectivity index (χ2n) is 13.0. The Labute approximate surface area is 292 Å². The fourth-order valence-electron chi connectivity index (χ4n) is 7.93. The molecule has 0 amide bonds. The van der Waals surface area contributed by atoms with Crippen molar-refractivity contribution in [3.63, 3.8) is 0 Å². The molecule has 4 heterocycles. The van der Waals surface area contributed by atoms with E-state index in [1.54, 1.807) is 0 Å². The van der Waals surface area contributed by atoms with Gasteiger partial charge in [0.25, 0.3) is 0 Å². The molecule has 1 aliphatic heterocycles. The van der Waals surface area contributed by atoms with Gasteiger partial charge in [0.2, 0.25) is 6.29 Å². The van der Waals surface area contributed by atoms with Crippen LogP contribution in [0, 0.1) is 0 Å². The van der Waals surface area contributed by atoms with Crippen LogP contribution >= 0.6 is 0 Å². The summed E-state index contributed by atoms with van der Waals surface area (Å²) >= 11 is 0. The molecule has 6 nitrogen and oxygen atoms in total. The number of amidine groups is 2. The minimum atomic E-state index is -0.599. The van der Waals surface area contributed by atoms with E-state index in [2.05, 4.69) is 142 Å². The summed E-state index contributed by atoms with van der Waals surface area (Å²) in [5.74, 6) is 1.50. The molecule has 1 unspecified atom stereocenters.